The standard InChI is InChI=1S/C16H21NO3/c1-10(2)5-6-14(16(19)20)17-15(18)13-8-11(3)7-12(4)9-13/h5,7-9,14H,6H2,1-4H3,(H,17,18)(H,19,20)/t14-/m1/s1. The SMILES string of the molecule is CC(C)=CC[C@@H](NC(=O)c1cc(C)cc(C)c1)C(=O)O. The van der Waals surface area contributed by atoms with Gasteiger partial charge in [-0.2, -0.15) is 0 Å². The van der Waals surface area contributed by atoms with Gasteiger partial charge in [-0.1, -0.05) is 28.8 Å². The zero-order chi connectivity index (χ0) is 15.3. The molecular weight excluding hydrogens is 254 g/mol. The number of carboxylic acids is 1. The Bertz CT molecular complexity index is 522. The third-order valence-corrected chi connectivity index (χ3v) is 2.85. The van der Waals surface area contributed by atoms with E-state index in [0.717, 1.165) is 16.7 Å². The van der Waals surface area contributed by atoms with Gasteiger partial charge >= 0.3 is 5.97 Å². The number of aliphatic carboxylic acids is 1. The molecule has 0 radical (unpaired) electrons. The van der Waals surface area contributed by atoms with Gasteiger partial charge in [0.25, 0.3) is 5.91 Å². The maximum atomic E-state index is 12.1. The fourth-order valence-corrected chi connectivity index (χ4v) is 1.92. The minimum atomic E-state index is -1.03. The molecule has 1 amide bonds. The largest absolute Gasteiger partial charge is 0.480 e. The third kappa shape index (κ3) is 4.88. The molecule has 108 valence electrons. The molecule has 0 aliphatic rings. The van der Waals surface area contributed by atoms with Crippen molar-refractivity contribution < 1.29 is 14.7 Å². The van der Waals surface area contributed by atoms with Crippen molar-refractivity contribution in [3.63, 3.8) is 0 Å². The molecule has 4 heteroatoms. The number of hydrogen-bond acceptors (Lipinski definition) is 2. The monoisotopic (exact) mass is 275 g/mol. The Morgan fingerprint density at radius 2 is 1.75 bits per heavy atom. The van der Waals surface area contributed by atoms with Gasteiger partial charge in [0.15, 0.2) is 0 Å². The van der Waals surface area contributed by atoms with E-state index in [0.29, 0.717) is 5.56 Å². The van der Waals surface area contributed by atoms with E-state index >= 15 is 0 Å². The average molecular weight is 275 g/mol. The van der Waals surface area contributed by atoms with Gasteiger partial charge in [-0.25, -0.2) is 4.79 Å². The summed E-state index contributed by atoms with van der Waals surface area (Å²) in [5.41, 5.74) is 3.47. The number of carbonyl (C=O) groups excluding carboxylic acids is 1. The maximum Gasteiger partial charge on any atom is 0.326 e. The van der Waals surface area contributed by atoms with Crippen LogP contribution in [0.1, 0.15) is 41.8 Å². The first kappa shape index (κ1) is 16.0. The van der Waals surface area contributed by atoms with Crippen LogP contribution in [0.25, 0.3) is 0 Å². The van der Waals surface area contributed by atoms with Crippen LogP contribution in [-0.4, -0.2) is 23.0 Å². The predicted octanol–water partition coefficient (Wildman–Crippen LogP) is 2.84. The van der Waals surface area contributed by atoms with E-state index in [-0.39, 0.29) is 12.3 Å². The lowest BCUT2D eigenvalue weighted by atomic mass is 10.1. The second kappa shape index (κ2) is 6.89. The number of allylic oxidation sites excluding steroid dienone is 1. The molecule has 0 fully saturated rings. The molecule has 0 bridgehead atoms. The van der Waals surface area contributed by atoms with Crippen LogP contribution in [0.3, 0.4) is 0 Å². The Kier molecular flexibility index (Phi) is 5.50. The van der Waals surface area contributed by atoms with Crippen molar-refractivity contribution in [2.24, 2.45) is 0 Å². The zero-order valence-corrected chi connectivity index (χ0v) is 12.4. The Balaban J connectivity index is 2.85. The van der Waals surface area contributed by atoms with Crippen LogP contribution in [-0.2, 0) is 4.79 Å². The summed E-state index contributed by atoms with van der Waals surface area (Å²) >= 11 is 0. The summed E-state index contributed by atoms with van der Waals surface area (Å²) in [6.45, 7) is 7.60. The number of benzene rings is 1. The van der Waals surface area contributed by atoms with Crippen LogP contribution in [0.2, 0.25) is 0 Å². The van der Waals surface area contributed by atoms with Crippen molar-refractivity contribution in [3.8, 4) is 0 Å². The number of carboxylic acid groups (broad SMARTS) is 1. The molecule has 0 aliphatic heterocycles. The first-order valence-electron chi connectivity index (χ1n) is 6.55. The Morgan fingerprint density at radius 1 is 1.20 bits per heavy atom. The maximum absolute atomic E-state index is 12.1. The normalized spacial score (nSPS) is 11.6. The number of rotatable bonds is 5. The number of aryl methyl sites for hydroxylation is 2. The lowest BCUT2D eigenvalue weighted by Gasteiger charge is -2.13. The van der Waals surface area contributed by atoms with Crippen molar-refractivity contribution in [1.29, 1.82) is 0 Å². The first-order chi connectivity index (χ1) is 9.29. The van der Waals surface area contributed by atoms with Crippen LogP contribution in [0.4, 0.5) is 0 Å². The van der Waals surface area contributed by atoms with Crippen LogP contribution in [0, 0.1) is 13.8 Å². The van der Waals surface area contributed by atoms with Gasteiger partial charge in [-0.3, -0.25) is 4.79 Å². The van der Waals surface area contributed by atoms with Gasteiger partial charge in [-0.05, 0) is 46.2 Å². The van der Waals surface area contributed by atoms with E-state index < -0.39 is 12.0 Å². The predicted molar refractivity (Wildman–Crippen MR) is 78.9 cm³/mol. The molecule has 20 heavy (non-hydrogen) atoms. The number of amides is 1. The highest BCUT2D eigenvalue weighted by Crippen LogP contribution is 2.09. The molecule has 0 saturated heterocycles. The summed E-state index contributed by atoms with van der Waals surface area (Å²) in [5, 5.41) is 11.7. The van der Waals surface area contributed by atoms with E-state index in [9.17, 15) is 9.59 Å². The van der Waals surface area contributed by atoms with Gasteiger partial charge in [-0.15, -0.1) is 0 Å². The van der Waals surface area contributed by atoms with Gasteiger partial charge < -0.3 is 10.4 Å². The summed E-state index contributed by atoms with van der Waals surface area (Å²) in [7, 11) is 0. The van der Waals surface area contributed by atoms with Crippen molar-refractivity contribution >= 4 is 11.9 Å². The zero-order valence-electron chi connectivity index (χ0n) is 12.4. The molecule has 4 nitrogen and oxygen atoms in total. The molecule has 2 N–H and O–H groups in total. The molecule has 1 atom stereocenters. The molecule has 0 aliphatic carbocycles. The molecule has 0 unspecified atom stereocenters. The number of nitrogens with one attached hydrogen (secondary N) is 1. The molecule has 0 heterocycles. The van der Waals surface area contributed by atoms with Gasteiger partial charge in [0, 0.05) is 5.56 Å². The topological polar surface area (TPSA) is 66.4 Å². The fourth-order valence-electron chi connectivity index (χ4n) is 1.92. The molecule has 1 aromatic carbocycles. The minimum Gasteiger partial charge on any atom is -0.480 e. The van der Waals surface area contributed by atoms with Crippen molar-refractivity contribution in [3.05, 3.63) is 46.5 Å². The fraction of sp³-hybridized carbons (Fsp3) is 0.375. The Labute approximate surface area is 119 Å². The molecule has 1 rings (SSSR count). The molecule has 1 aromatic rings. The number of carbonyl (C=O) groups is 2. The van der Waals surface area contributed by atoms with Crippen molar-refractivity contribution in [2.45, 2.75) is 40.2 Å². The van der Waals surface area contributed by atoms with Crippen LogP contribution in [0.15, 0.2) is 29.8 Å². The van der Waals surface area contributed by atoms with Crippen LogP contribution in [0.5, 0.6) is 0 Å². The van der Waals surface area contributed by atoms with E-state index in [1.54, 1.807) is 18.2 Å². The quantitative estimate of drug-likeness (QED) is 0.812. The summed E-state index contributed by atoms with van der Waals surface area (Å²) in [6.07, 6.45) is 2.09. The van der Waals surface area contributed by atoms with E-state index in [1.807, 2.05) is 33.8 Å². The highest BCUT2D eigenvalue weighted by atomic mass is 16.4. The molecular formula is C16H21NO3. The highest BCUT2D eigenvalue weighted by molar-refractivity contribution is 5.96. The summed E-state index contributed by atoms with van der Waals surface area (Å²) in [5.74, 6) is -1.38. The first-order valence-corrected chi connectivity index (χ1v) is 6.55. The Hall–Kier alpha value is -2.10. The summed E-state index contributed by atoms with van der Waals surface area (Å²) < 4.78 is 0. The summed E-state index contributed by atoms with van der Waals surface area (Å²) in [6, 6.07) is 4.57. The third-order valence-electron chi connectivity index (χ3n) is 2.85. The van der Waals surface area contributed by atoms with E-state index in [2.05, 4.69) is 5.32 Å². The number of hydrogen-bond donors (Lipinski definition) is 2. The molecule has 0 aromatic heterocycles. The second-order valence-corrected chi connectivity index (χ2v) is 5.26. The molecule has 0 saturated carbocycles. The van der Waals surface area contributed by atoms with Crippen molar-refractivity contribution in [2.75, 3.05) is 0 Å². The lowest BCUT2D eigenvalue weighted by Crippen LogP contribution is -2.40. The van der Waals surface area contributed by atoms with E-state index in [1.165, 1.54) is 0 Å². The Morgan fingerprint density at radius 3 is 2.20 bits per heavy atom. The second-order valence-electron chi connectivity index (χ2n) is 5.26. The average Bonchev–Trinajstić information content (AvgIpc) is 2.32. The van der Waals surface area contributed by atoms with Gasteiger partial charge in [0.1, 0.15) is 6.04 Å². The van der Waals surface area contributed by atoms with Crippen LogP contribution < -0.4 is 5.32 Å². The van der Waals surface area contributed by atoms with Gasteiger partial charge in [0.2, 0.25) is 0 Å². The van der Waals surface area contributed by atoms with Crippen LogP contribution >= 0.6 is 0 Å². The highest BCUT2D eigenvalue weighted by Gasteiger charge is 2.19. The lowest BCUT2D eigenvalue weighted by molar-refractivity contribution is -0.139. The smallest absolute Gasteiger partial charge is 0.326 e. The molecule has 0 spiro atoms. The summed E-state index contributed by atoms with van der Waals surface area (Å²) in [4.78, 5) is 23.3. The minimum absolute atomic E-state index is 0.286. The van der Waals surface area contributed by atoms with E-state index in [4.69, 9.17) is 5.11 Å². The van der Waals surface area contributed by atoms with Gasteiger partial charge in [0.05, 0.1) is 0 Å². The van der Waals surface area contributed by atoms with Crippen molar-refractivity contribution in [1.82, 2.24) is 5.32 Å².